The molecule has 0 unspecified atom stereocenters. The van der Waals surface area contributed by atoms with Crippen molar-refractivity contribution in [3.8, 4) is 0 Å². The Bertz CT molecular complexity index is 230. The Morgan fingerprint density at radius 1 is 1.33 bits per heavy atom. The molecule has 0 aliphatic heterocycles. The van der Waals surface area contributed by atoms with Crippen molar-refractivity contribution in [3.63, 3.8) is 0 Å². The molecule has 0 heterocycles. The van der Waals surface area contributed by atoms with E-state index in [1.165, 1.54) is 5.56 Å². The fourth-order valence-corrected chi connectivity index (χ4v) is 1.27. The molecule has 1 nitrogen and oxygen atoms in total. The molecule has 0 aliphatic carbocycles. The summed E-state index contributed by atoms with van der Waals surface area (Å²) in [5.74, 6) is 0.495. The van der Waals surface area contributed by atoms with Crippen LogP contribution < -0.4 is 0 Å². The quantitative estimate of drug-likeness (QED) is 0.717. The number of hydrogen-bond acceptors (Lipinski definition) is 1. The first-order valence-corrected chi connectivity index (χ1v) is 4.58. The lowest BCUT2D eigenvalue weighted by Gasteiger charge is -2.08. The SMILES string of the molecule is Cc1ccc([C@@H](O)CCCl)cc1. The normalized spacial score (nSPS) is 12.9. The lowest BCUT2D eigenvalue weighted by Crippen LogP contribution is -1.97. The standard InChI is InChI=1S/C10H13ClO/c1-8-2-4-9(5-3-8)10(12)6-7-11/h2-5,10,12H,6-7H2,1H3/t10-/m0/s1. The molecule has 1 aromatic carbocycles. The molecule has 0 radical (unpaired) electrons. The lowest BCUT2D eigenvalue weighted by molar-refractivity contribution is 0.174. The van der Waals surface area contributed by atoms with E-state index in [1.807, 2.05) is 31.2 Å². The number of alkyl halides is 1. The summed E-state index contributed by atoms with van der Waals surface area (Å²) in [6.45, 7) is 2.03. The summed E-state index contributed by atoms with van der Waals surface area (Å²) in [4.78, 5) is 0. The van der Waals surface area contributed by atoms with Gasteiger partial charge >= 0.3 is 0 Å². The van der Waals surface area contributed by atoms with Crippen molar-refractivity contribution < 1.29 is 5.11 Å². The molecule has 2 heteroatoms. The zero-order chi connectivity index (χ0) is 8.97. The highest BCUT2D eigenvalue weighted by Crippen LogP contribution is 2.17. The smallest absolute Gasteiger partial charge is 0.0801 e. The number of benzene rings is 1. The van der Waals surface area contributed by atoms with Crippen LogP contribution in [0.1, 0.15) is 23.7 Å². The van der Waals surface area contributed by atoms with Gasteiger partial charge in [-0.3, -0.25) is 0 Å². The fraction of sp³-hybridized carbons (Fsp3) is 0.400. The van der Waals surface area contributed by atoms with Crippen molar-refractivity contribution in [1.29, 1.82) is 0 Å². The second-order valence-electron chi connectivity index (χ2n) is 2.90. The van der Waals surface area contributed by atoms with Crippen LogP contribution in [0.15, 0.2) is 24.3 Å². The molecule has 1 aromatic rings. The molecular weight excluding hydrogens is 172 g/mol. The summed E-state index contributed by atoms with van der Waals surface area (Å²) in [5.41, 5.74) is 2.15. The maximum absolute atomic E-state index is 9.53. The first-order chi connectivity index (χ1) is 5.74. The van der Waals surface area contributed by atoms with Gasteiger partial charge in [0, 0.05) is 5.88 Å². The topological polar surface area (TPSA) is 20.2 Å². The van der Waals surface area contributed by atoms with Crippen LogP contribution in [0.25, 0.3) is 0 Å². The highest BCUT2D eigenvalue weighted by molar-refractivity contribution is 6.17. The summed E-state index contributed by atoms with van der Waals surface area (Å²) < 4.78 is 0. The van der Waals surface area contributed by atoms with E-state index in [0.29, 0.717) is 12.3 Å². The minimum absolute atomic E-state index is 0.414. The van der Waals surface area contributed by atoms with E-state index < -0.39 is 6.10 Å². The van der Waals surface area contributed by atoms with Crippen LogP contribution in [0.4, 0.5) is 0 Å². The summed E-state index contributed by atoms with van der Waals surface area (Å²) in [6.07, 6.45) is 0.202. The predicted octanol–water partition coefficient (Wildman–Crippen LogP) is 2.66. The zero-order valence-corrected chi connectivity index (χ0v) is 7.88. The van der Waals surface area contributed by atoms with Crippen molar-refractivity contribution in [2.75, 3.05) is 5.88 Å². The van der Waals surface area contributed by atoms with Crippen molar-refractivity contribution in [2.24, 2.45) is 0 Å². The van der Waals surface area contributed by atoms with E-state index in [-0.39, 0.29) is 0 Å². The number of halogens is 1. The maximum atomic E-state index is 9.53. The number of rotatable bonds is 3. The van der Waals surface area contributed by atoms with E-state index in [4.69, 9.17) is 11.6 Å². The van der Waals surface area contributed by atoms with Gasteiger partial charge < -0.3 is 5.11 Å². The molecule has 12 heavy (non-hydrogen) atoms. The number of hydrogen-bond donors (Lipinski definition) is 1. The van der Waals surface area contributed by atoms with Gasteiger partial charge in [0.25, 0.3) is 0 Å². The minimum Gasteiger partial charge on any atom is -0.388 e. The van der Waals surface area contributed by atoms with E-state index in [9.17, 15) is 5.11 Å². The fourth-order valence-electron chi connectivity index (χ4n) is 1.06. The van der Waals surface area contributed by atoms with Crippen LogP contribution in [-0.2, 0) is 0 Å². The Balaban J connectivity index is 2.68. The van der Waals surface area contributed by atoms with E-state index in [1.54, 1.807) is 0 Å². The third-order valence-electron chi connectivity index (χ3n) is 1.84. The highest BCUT2D eigenvalue weighted by Gasteiger charge is 2.04. The van der Waals surface area contributed by atoms with Gasteiger partial charge in [-0.25, -0.2) is 0 Å². The van der Waals surface area contributed by atoms with Crippen molar-refractivity contribution >= 4 is 11.6 Å². The van der Waals surface area contributed by atoms with Gasteiger partial charge in [-0.1, -0.05) is 29.8 Å². The van der Waals surface area contributed by atoms with Gasteiger partial charge in [-0.2, -0.15) is 0 Å². The summed E-state index contributed by atoms with van der Waals surface area (Å²) in [7, 11) is 0. The molecule has 66 valence electrons. The van der Waals surface area contributed by atoms with Gasteiger partial charge in [0.05, 0.1) is 6.10 Å². The average molecular weight is 185 g/mol. The second-order valence-corrected chi connectivity index (χ2v) is 3.28. The molecule has 1 atom stereocenters. The molecule has 0 amide bonds. The Labute approximate surface area is 78.0 Å². The van der Waals surface area contributed by atoms with Crippen molar-refractivity contribution in [2.45, 2.75) is 19.4 Å². The molecule has 0 saturated heterocycles. The van der Waals surface area contributed by atoms with Crippen LogP contribution in [0, 0.1) is 6.92 Å². The molecule has 0 saturated carbocycles. The van der Waals surface area contributed by atoms with E-state index in [2.05, 4.69) is 0 Å². The van der Waals surface area contributed by atoms with Crippen molar-refractivity contribution in [1.82, 2.24) is 0 Å². The van der Waals surface area contributed by atoms with Crippen LogP contribution in [-0.4, -0.2) is 11.0 Å². The Hall–Kier alpha value is -0.530. The minimum atomic E-state index is -0.414. The molecule has 0 fully saturated rings. The van der Waals surface area contributed by atoms with Crippen LogP contribution in [0.5, 0.6) is 0 Å². The zero-order valence-electron chi connectivity index (χ0n) is 7.13. The van der Waals surface area contributed by atoms with E-state index >= 15 is 0 Å². The number of aliphatic hydroxyl groups excluding tert-OH is 1. The molecular formula is C10H13ClO. The first kappa shape index (κ1) is 9.56. The number of aliphatic hydroxyl groups is 1. The molecule has 1 N–H and O–H groups in total. The van der Waals surface area contributed by atoms with E-state index in [0.717, 1.165) is 5.56 Å². The molecule has 0 bridgehead atoms. The van der Waals surface area contributed by atoms with Crippen LogP contribution in [0.3, 0.4) is 0 Å². The molecule has 0 spiro atoms. The predicted molar refractivity (Wildman–Crippen MR) is 51.5 cm³/mol. The monoisotopic (exact) mass is 184 g/mol. The third-order valence-corrected chi connectivity index (χ3v) is 2.06. The Kier molecular flexibility index (Phi) is 3.57. The van der Waals surface area contributed by atoms with Gasteiger partial charge in [-0.15, -0.1) is 11.6 Å². The van der Waals surface area contributed by atoms with Gasteiger partial charge in [0.2, 0.25) is 0 Å². The summed E-state index contributed by atoms with van der Waals surface area (Å²) in [6, 6.07) is 7.86. The lowest BCUT2D eigenvalue weighted by atomic mass is 10.1. The Morgan fingerprint density at radius 3 is 2.42 bits per heavy atom. The molecule has 0 aliphatic rings. The molecule has 0 aromatic heterocycles. The van der Waals surface area contributed by atoms with Crippen LogP contribution >= 0.6 is 11.6 Å². The summed E-state index contributed by atoms with van der Waals surface area (Å²) in [5, 5.41) is 9.53. The second kappa shape index (κ2) is 4.48. The van der Waals surface area contributed by atoms with Crippen LogP contribution in [0.2, 0.25) is 0 Å². The highest BCUT2D eigenvalue weighted by atomic mass is 35.5. The third kappa shape index (κ3) is 2.50. The molecule has 1 rings (SSSR count). The van der Waals surface area contributed by atoms with Gasteiger partial charge in [0.1, 0.15) is 0 Å². The largest absolute Gasteiger partial charge is 0.388 e. The van der Waals surface area contributed by atoms with Gasteiger partial charge in [-0.05, 0) is 18.9 Å². The summed E-state index contributed by atoms with van der Waals surface area (Å²) >= 11 is 5.52. The van der Waals surface area contributed by atoms with Crippen molar-refractivity contribution in [3.05, 3.63) is 35.4 Å². The van der Waals surface area contributed by atoms with Gasteiger partial charge in [0.15, 0.2) is 0 Å². The Morgan fingerprint density at radius 2 is 1.92 bits per heavy atom. The maximum Gasteiger partial charge on any atom is 0.0801 e. The average Bonchev–Trinajstić information content (AvgIpc) is 2.06. The first-order valence-electron chi connectivity index (χ1n) is 4.04. The number of aryl methyl sites for hydroxylation is 1.